The number of fused-ring (bicyclic) bond motifs is 1. The molecule has 1 aliphatic rings. The lowest BCUT2D eigenvalue weighted by Crippen LogP contribution is -2.28. The van der Waals surface area contributed by atoms with E-state index in [-0.39, 0.29) is 17.1 Å². The summed E-state index contributed by atoms with van der Waals surface area (Å²) in [5.74, 6) is 0.523. The van der Waals surface area contributed by atoms with Crippen molar-refractivity contribution in [3.63, 3.8) is 0 Å². The van der Waals surface area contributed by atoms with Gasteiger partial charge in [0.15, 0.2) is 0 Å². The standard InChI is InChI=1S/C19H15N5O3/c1-20-15-5-2-3-7-17(15)23-18(16-6-4-10-21-16)22-14-9-8-12(24(26)27)11-13(14)19(23)25/h2-3,5,7-9,11,16,21H,4,6,10H2/t16-/m1/s1. The number of hydrogen-bond acceptors (Lipinski definition) is 5. The zero-order valence-corrected chi connectivity index (χ0v) is 14.3. The Morgan fingerprint density at radius 2 is 2.11 bits per heavy atom. The minimum absolute atomic E-state index is 0.115. The molecule has 8 nitrogen and oxygen atoms in total. The van der Waals surface area contributed by atoms with E-state index in [0.717, 1.165) is 19.4 Å². The van der Waals surface area contributed by atoms with E-state index in [4.69, 9.17) is 6.57 Å². The van der Waals surface area contributed by atoms with E-state index in [9.17, 15) is 14.9 Å². The van der Waals surface area contributed by atoms with Crippen molar-refractivity contribution in [3.05, 3.63) is 80.2 Å². The predicted octanol–water partition coefficient (Wildman–Crippen LogP) is 3.27. The number of aromatic nitrogens is 2. The SMILES string of the molecule is [C-]#[N+]c1ccccc1-n1c([C@H]2CCCN2)nc2ccc([N+](=O)[O-])cc2c1=O. The Hall–Kier alpha value is -3.57. The van der Waals surface area contributed by atoms with Gasteiger partial charge >= 0.3 is 0 Å². The number of rotatable bonds is 3. The summed E-state index contributed by atoms with van der Waals surface area (Å²) in [4.78, 5) is 32.1. The monoisotopic (exact) mass is 361 g/mol. The van der Waals surface area contributed by atoms with E-state index < -0.39 is 10.5 Å². The zero-order chi connectivity index (χ0) is 19.0. The molecule has 4 rings (SSSR count). The maximum absolute atomic E-state index is 13.3. The average Bonchev–Trinajstić information content (AvgIpc) is 3.22. The lowest BCUT2D eigenvalue weighted by Gasteiger charge is -2.19. The van der Waals surface area contributed by atoms with Crippen molar-refractivity contribution >= 4 is 22.3 Å². The molecule has 2 heterocycles. The van der Waals surface area contributed by atoms with Crippen LogP contribution in [-0.4, -0.2) is 21.0 Å². The lowest BCUT2D eigenvalue weighted by molar-refractivity contribution is -0.384. The Balaban J connectivity index is 2.08. The molecule has 8 heteroatoms. The first-order chi connectivity index (χ1) is 13.1. The van der Waals surface area contributed by atoms with Crippen LogP contribution in [0.1, 0.15) is 24.7 Å². The molecule has 134 valence electrons. The number of nitro benzene ring substituents is 1. The summed E-state index contributed by atoms with van der Waals surface area (Å²) >= 11 is 0. The van der Waals surface area contributed by atoms with Crippen LogP contribution in [0.3, 0.4) is 0 Å². The Morgan fingerprint density at radius 3 is 2.81 bits per heavy atom. The van der Waals surface area contributed by atoms with Gasteiger partial charge in [0.2, 0.25) is 5.69 Å². The van der Waals surface area contributed by atoms with Crippen LogP contribution in [0, 0.1) is 16.7 Å². The molecule has 1 saturated heterocycles. The van der Waals surface area contributed by atoms with Gasteiger partial charge in [-0.25, -0.2) is 9.83 Å². The van der Waals surface area contributed by atoms with Crippen molar-refractivity contribution in [1.82, 2.24) is 14.9 Å². The highest BCUT2D eigenvalue weighted by Crippen LogP contribution is 2.29. The van der Waals surface area contributed by atoms with Gasteiger partial charge in [-0.3, -0.25) is 19.5 Å². The molecular weight excluding hydrogens is 346 g/mol. The van der Waals surface area contributed by atoms with Gasteiger partial charge in [0.05, 0.1) is 34.1 Å². The van der Waals surface area contributed by atoms with Crippen LogP contribution in [0.4, 0.5) is 11.4 Å². The summed E-state index contributed by atoms with van der Waals surface area (Å²) in [6.45, 7) is 8.24. The van der Waals surface area contributed by atoms with Crippen molar-refractivity contribution < 1.29 is 4.92 Å². The van der Waals surface area contributed by atoms with Gasteiger partial charge in [0.1, 0.15) is 5.82 Å². The van der Waals surface area contributed by atoms with Crippen molar-refractivity contribution in [2.75, 3.05) is 6.54 Å². The quantitative estimate of drug-likeness (QED) is 0.439. The molecule has 0 bridgehead atoms. The van der Waals surface area contributed by atoms with Crippen LogP contribution in [0.15, 0.2) is 47.3 Å². The number of non-ortho nitro benzene ring substituents is 1. The molecule has 3 aromatic rings. The van der Waals surface area contributed by atoms with E-state index in [1.807, 2.05) is 0 Å². The molecule has 0 amide bonds. The van der Waals surface area contributed by atoms with Crippen molar-refractivity contribution in [2.45, 2.75) is 18.9 Å². The predicted molar refractivity (Wildman–Crippen MR) is 100 cm³/mol. The highest BCUT2D eigenvalue weighted by atomic mass is 16.6. The molecule has 1 fully saturated rings. The van der Waals surface area contributed by atoms with Gasteiger partial charge in [-0.2, -0.15) is 0 Å². The second-order valence-corrected chi connectivity index (χ2v) is 6.32. The number of nitrogens with one attached hydrogen (secondary N) is 1. The lowest BCUT2D eigenvalue weighted by atomic mass is 10.1. The maximum Gasteiger partial charge on any atom is 0.270 e. The number of nitro groups is 1. The Bertz CT molecular complexity index is 1160. The largest absolute Gasteiger partial charge is 0.307 e. The van der Waals surface area contributed by atoms with E-state index in [1.165, 1.54) is 22.8 Å². The molecule has 0 radical (unpaired) electrons. The first-order valence-electron chi connectivity index (χ1n) is 8.51. The number of hydrogen-bond donors (Lipinski definition) is 1. The second-order valence-electron chi connectivity index (χ2n) is 6.32. The minimum atomic E-state index is -0.539. The van der Waals surface area contributed by atoms with Crippen molar-refractivity contribution in [1.29, 1.82) is 0 Å². The van der Waals surface area contributed by atoms with Crippen LogP contribution in [0.2, 0.25) is 0 Å². The number of nitrogens with zero attached hydrogens (tertiary/aromatic N) is 4. The molecule has 1 N–H and O–H groups in total. The summed E-state index contributed by atoms with van der Waals surface area (Å²) in [7, 11) is 0. The summed E-state index contributed by atoms with van der Waals surface area (Å²) in [5, 5.41) is 14.6. The van der Waals surface area contributed by atoms with E-state index in [1.54, 1.807) is 24.3 Å². The average molecular weight is 361 g/mol. The van der Waals surface area contributed by atoms with Gasteiger partial charge in [0.25, 0.3) is 11.2 Å². The van der Waals surface area contributed by atoms with Gasteiger partial charge in [-0.15, -0.1) is 0 Å². The summed E-state index contributed by atoms with van der Waals surface area (Å²) in [6.07, 6.45) is 1.79. The van der Waals surface area contributed by atoms with Gasteiger partial charge < -0.3 is 5.32 Å². The third kappa shape index (κ3) is 2.84. The Morgan fingerprint density at radius 1 is 1.30 bits per heavy atom. The third-order valence-electron chi connectivity index (χ3n) is 4.70. The van der Waals surface area contributed by atoms with E-state index in [2.05, 4.69) is 15.1 Å². The van der Waals surface area contributed by atoms with Crippen LogP contribution in [0.5, 0.6) is 0 Å². The second kappa shape index (κ2) is 6.63. The molecule has 1 atom stereocenters. The summed E-state index contributed by atoms with van der Waals surface area (Å²) in [6, 6.07) is 10.8. The number of para-hydroxylation sites is 2. The normalized spacial score (nSPS) is 16.3. The zero-order valence-electron chi connectivity index (χ0n) is 14.3. The fraction of sp³-hybridized carbons (Fsp3) is 0.211. The molecule has 0 aliphatic carbocycles. The fourth-order valence-corrected chi connectivity index (χ4v) is 3.42. The topological polar surface area (TPSA) is 94.4 Å². The maximum atomic E-state index is 13.3. The van der Waals surface area contributed by atoms with Crippen LogP contribution >= 0.6 is 0 Å². The highest BCUT2D eigenvalue weighted by Gasteiger charge is 2.25. The van der Waals surface area contributed by atoms with E-state index in [0.29, 0.717) is 22.7 Å². The highest BCUT2D eigenvalue weighted by molar-refractivity contribution is 5.81. The molecular formula is C19H15N5O3. The fourth-order valence-electron chi connectivity index (χ4n) is 3.42. The van der Waals surface area contributed by atoms with Gasteiger partial charge in [-0.1, -0.05) is 18.2 Å². The Kier molecular flexibility index (Phi) is 4.14. The van der Waals surface area contributed by atoms with Crippen LogP contribution in [0.25, 0.3) is 21.4 Å². The smallest absolute Gasteiger partial charge is 0.270 e. The van der Waals surface area contributed by atoms with Crippen molar-refractivity contribution in [3.8, 4) is 5.69 Å². The third-order valence-corrected chi connectivity index (χ3v) is 4.70. The molecule has 1 aliphatic heterocycles. The minimum Gasteiger partial charge on any atom is -0.307 e. The van der Waals surface area contributed by atoms with Crippen molar-refractivity contribution in [2.24, 2.45) is 0 Å². The number of benzene rings is 2. The first-order valence-corrected chi connectivity index (χ1v) is 8.51. The molecule has 0 saturated carbocycles. The summed E-state index contributed by atoms with van der Waals surface area (Å²) < 4.78 is 1.42. The first kappa shape index (κ1) is 16.9. The molecule has 2 aromatic carbocycles. The molecule has 1 aromatic heterocycles. The Labute approximate surface area is 154 Å². The van der Waals surface area contributed by atoms with Crippen LogP contribution in [-0.2, 0) is 0 Å². The molecule has 0 spiro atoms. The van der Waals surface area contributed by atoms with Crippen LogP contribution < -0.4 is 10.9 Å². The molecule has 0 unspecified atom stereocenters. The van der Waals surface area contributed by atoms with Gasteiger partial charge in [-0.05, 0) is 31.5 Å². The van der Waals surface area contributed by atoms with Gasteiger partial charge in [0, 0.05) is 12.1 Å². The summed E-state index contributed by atoms with van der Waals surface area (Å²) in [5.41, 5.74) is 0.583. The molecule has 27 heavy (non-hydrogen) atoms. The van der Waals surface area contributed by atoms with E-state index >= 15 is 0 Å².